The van der Waals surface area contributed by atoms with Gasteiger partial charge in [0.1, 0.15) is 12.4 Å². The van der Waals surface area contributed by atoms with E-state index in [4.69, 9.17) is 11.6 Å². The van der Waals surface area contributed by atoms with Crippen LogP contribution in [0.2, 0.25) is 5.02 Å². The molecule has 7 heteroatoms. The van der Waals surface area contributed by atoms with Gasteiger partial charge in [-0.3, -0.25) is 9.59 Å². The van der Waals surface area contributed by atoms with E-state index >= 15 is 0 Å². The van der Waals surface area contributed by atoms with Gasteiger partial charge in [0.2, 0.25) is 5.91 Å². The van der Waals surface area contributed by atoms with Gasteiger partial charge in [-0.1, -0.05) is 41.4 Å². The van der Waals surface area contributed by atoms with Gasteiger partial charge in [-0.2, -0.15) is 0 Å². The Bertz CT molecular complexity index is 1230. The van der Waals surface area contributed by atoms with E-state index in [9.17, 15) is 9.59 Å². The highest BCUT2D eigenvalue weighted by Crippen LogP contribution is 2.18. The summed E-state index contributed by atoms with van der Waals surface area (Å²) >= 11 is 5.90. The number of rotatable bonds is 6. The predicted octanol–water partition coefficient (Wildman–Crippen LogP) is 4.57. The Morgan fingerprint density at radius 2 is 1.68 bits per heavy atom. The summed E-state index contributed by atoms with van der Waals surface area (Å²) in [6.45, 7) is 2.24. The molecule has 0 unspecified atom stereocenters. The van der Waals surface area contributed by atoms with E-state index in [1.165, 1.54) is 0 Å². The predicted molar refractivity (Wildman–Crippen MR) is 122 cm³/mol. The molecule has 0 spiro atoms. The summed E-state index contributed by atoms with van der Waals surface area (Å²) in [5.74, 6) is 0.216. The lowest BCUT2D eigenvalue weighted by Crippen LogP contribution is -2.26. The summed E-state index contributed by atoms with van der Waals surface area (Å²) in [7, 11) is 0. The van der Waals surface area contributed by atoms with Gasteiger partial charge < -0.3 is 15.2 Å². The van der Waals surface area contributed by atoms with Crippen molar-refractivity contribution in [1.82, 2.24) is 14.9 Å². The first-order chi connectivity index (χ1) is 15.0. The highest BCUT2D eigenvalue weighted by molar-refractivity contribution is 6.30. The summed E-state index contributed by atoms with van der Waals surface area (Å²) in [4.78, 5) is 29.8. The first-order valence-electron chi connectivity index (χ1n) is 9.84. The fraction of sp³-hybridized carbons (Fsp3) is 0.125. The number of halogens is 1. The van der Waals surface area contributed by atoms with Crippen LogP contribution in [-0.2, 0) is 17.9 Å². The van der Waals surface area contributed by atoms with Crippen molar-refractivity contribution in [2.75, 3.05) is 5.32 Å². The molecule has 0 bridgehead atoms. The van der Waals surface area contributed by atoms with Gasteiger partial charge in [0.05, 0.1) is 17.6 Å². The molecule has 156 valence electrons. The third-order valence-corrected chi connectivity index (χ3v) is 5.14. The topological polar surface area (TPSA) is 76.0 Å². The van der Waals surface area contributed by atoms with Crippen molar-refractivity contribution < 1.29 is 9.59 Å². The van der Waals surface area contributed by atoms with Crippen molar-refractivity contribution in [3.8, 4) is 0 Å². The number of aryl methyl sites for hydroxylation is 1. The van der Waals surface area contributed by atoms with Crippen LogP contribution in [0.1, 0.15) is 21.7 Å². The maximum Gasteiger partial charge on any atom is 0.251 e. The molecule has 4 rings (SSSR count). The molecule has 2 amide bonds. The molecular formula is C24H21ClN4O2. The number of aromatic nitrogens is 2. The molecule has 0 saturated heterocycles. The highest BCUT2D eigenvalue weighted by Gasteiger charge is 2.15. The van der Waals surface area contributed by atoms with Crippen LogP contribution in [0.4, 0.5) is 5.69 Å². The van der Waals surface area contributed by atoms with E-state index in [0.717, 1.165) is 16.6 Å². The molecule has 31 heavy (non-hydrogen) atoms. The Kier molecular flexibility index (Phi) is 6.00. The smallest absolute Gasteiger partial charge is 0.251 e. The number of anilines is 1. The Morgan fingerprint density at radius 3 is 2.42 bits per heavy atom. The Morgan fingerprint density at radius 1 is 0.968 bits per heavy atom. The van der Waals surface area contributed by atoms with Crippen LogP contribution in [0.25, 0.3) is 11.0 Å². The average Bonchev–Trinajstić information content (AvgIpc) is 3.11. The van der Waals surface area contributed by atoms with E-state index in [0.29, 0.717) is 22.1 Å². The van der Waals surface area contributed by atoms with Crippen LogP contribution in [0.3, 0.4) is 0 Å². The molecule has 0 aliphatic rings. The lowest BCUT2D eigenvalue weighted by molar-refractivity contribution is -0.116. The first-order valence-corrected chi connectivity index (χ1v) is 10.2. The quantitative estimate of drug-likeness (QED) is 0.468. The van der Waals surface area contributed by atoms with Gasteiger partial charge in [-0.05, 0) is 55.5 Å². The fourth-order valence-corrected chi connectivity index (χ4v) is 3.41. The molecule has 1 aromatic heterocycles. The molecule has 0 aliphatic carbocycles. The number of carbonyl (C=O) groups is 2. The number of imidazole rings is 1. The van der Waals surface area contributed by atoms with E-state index in [1.54, 1.807) is 36.4 Å². The Hall–Kier alpha value is -3.64. The van der Waals surface area contributed by atoms with Gasteiger partial charge in [-0.25, -0.2) is 4.98 Å². The summed E-state index contributed by atoms with van der Waals surface area (Å²) < 4.78 is 1.82. The largest absolute Gasteiger partial charge is 0.345 e. The van der Waals surface area contributed by atoms with Gasteiger partial charge in [0.15, 0.2) is 0 Å². The van der Waals surface area contributed by atoms with Crippen molar-refractivity contribution in [3.05, 3.63) is 94.8 Å². The summed E-state index contributed by atoms with van der Waals surface area (Å²) in [5, 5.41) is 6.36. The van der Waals surface area contributed by atoms with Crippen molar-refractivity contribution in [3.63, 3.8) is 0 Å². The lowest BCUT2D eigenvalue weighted by Gasteiger charge is -2.11. The van der Waals surface area contributed by atoms with Gasteiger partial charge >= 0.3 is 0 Å². The zero-order chi connectivity index (χ0) is 21.8. The number of nitrogens with zero attached hydrogens (tertiary/aromatic N) is 2. The van der Waals surface area contributed by atoms with Crippen LogP contribution in [0.15, 0.2) is 72.8 Å². The summed E-state index contributed by atoms with van der Waals surface area (Å²) in [6, 6.07) is 21.9. The van der Waals surface area contributed by atoms with Crippen LogP contribution < -0.4 is 10.6 Å². The average molecular weight is 433 g/mol. The molecule has 0 fully saturated rings. The molecule has 6 nitrogen and oxygen atoms in total. The van der Waals surface area contributed by atoms with Crippen LogP contribution >= 0.6 is 11.6 Å². The number of nitrogens with one attached hydrogen (secondary N) is 2. The first kappa shape index (κ1) is 20.6. The second-order valence-corrected chi connectivity index (χ2v) is 7.64. The second-order valence-electron chi connectivity index (χ2n) is 7.21. The molecular weight excluding hydrogens is 412 g/mol. The van der Waals surface area contributed by atoms with Crippen molar-refractivity contribution in [2.45, 2.75) is 20.0 Å². The zero-order valence-corrected chi connectivity index (χ0v) is 17.7. The molecule has 2 N–H and O–H groups in total. The summed E-state index contributed by atoms with van der Waals surface area (Å²) in [5.41, 5.74) is 3.92. The van der Waals surface area contributed by atoms with Crippen molar-refractivity contribution in [2.24, 2.45) is 0 Å². The Balaban J connectivity index is 1.52. The third kappa shape index (κ3) is 4.92. The molecule has 0 atom stereocenters. The van der Waals surface area contributed by atoms with Crippen LogP contribution in [0, 0.1) is 6.92 Å². The van der Waals surface area contributed by atoms with Gasteiger partial charge in [-0.15, -0.1) is 0 Å². The monoisotopic (exact) mass is 432 g/mol. The maximum absolute atomic E-state index is 12.7. The number of fused-ring (bicyclic) bond motifs is 1. The number of para-hydroxylation sites is 2. The molecule has 0 saturated carbocycles. The van der Waals surface area contributed by atoms with E-state index in [2.05, 4.69) is 15.6 Å². The lowest BCUT2D eigenvalue weighted by atomic mass is 10.1. The number of hydrogen-bond acceptors (Lipinski definition) is 3. The fourth-order valence-electron chi connectivity index (χ4n) is 3.28. The minimum absolute atomic E-state index is 0.0683. The molecule has 4 aromatic rings. The van der Waals surface area contributed by atoms with Gasteiger partial charge in [0, 0.05) is 16.3 Å². The summed E-state index contributed by atoms with van der Waals surface area (Å²) in [6.07, 6.45) is 0. The number of amides is 2. The zero-order valence-electron chi connectivity index (χ0n) is 16.9. The van der Waals surface area contributed by atoms with E-state index in [-0.39, 0.29) is 24.9 Å². The molecule has 1 heterocycles. The van der Waals surface area contributed by atoms with E-state index in [1.807, 2.05) is 47.9 Å². The van der Waals surface area contributed by atoms with E-state index < -0.39 is 0 Å². The molecule has 3 aromatic carbocycles. The number of hydrogen-bond donors (Lipinski definition) is 2. The standard InChI is InChI=1S/C24H21ClN4O2/c1-16-6-8-17(9-7-16)24(31)26-14-22-28-20-4-2-3-5-21(20)29(22)15-23(30)27-19-12-10-18(25)11-13-19/h2-13H,14-15H2,1H3,(H,26,31)(H,27,30). The minimum Gasteiger partial charge on any atom is -0.345 e. The number of carbonyl (C=O) groups excluding carboxylic acids is 2. The molecule has 0 radical (unpaired) electrons. The minimum atomic E-state index is -0.198. The van der Waals surface area contributed by atoms with Crippen LogP contribution in [-0.4, -0.2) is 21.4 Å². The number of benzene rings is 3. The van der Waals surface area contributed by atoms with Crippen molar-refractivity contribution >= 4 is 40.1 Å². The molecule has 0 aliphatic heterocycles. The Labute approximate surface area is 184 Å². The van der Waals surface area contributed by atoms with Crippen LogP contribution in [0.5, 0.6) is 0 Å². The van der Waals surface area contributed by atoms with Crippen molar-refractivity contribution in [1.29, 1.82) is 0 Å². The van der Waals surface area contributed by atoms with Gasteiger partial charge in [0.25, 0.3) is 5.91 Å². The third-order valence-electron chi connectivity index (χ3n) is 4.88. The maximum atomic E-state index is 12.7. The SMILES string of the molecule is Cc1ccc(C(=O)NCc2nc3ccccc3n2CC(=O)Nc2ccc(Cl)cc2)cc1. The second kappa shape index (κ2) is 9.02. The normalized spacial score (nSPS) is 10.8. The highest BCUT2D eigenvalue weighted by atomic mass is 35.5.